The lowest BCUT2D eigenvalue weighted by Crippen LogP contribution is -2.20. The zero-order valence-corrected chi connectivity index (χ0v) is 12.2. The number of para-hydroxylation sites is 1. The van der Waals surface area contributed by atoms with Crippen molar-refractivity contribution in [3.05, 3.63) is 23.8 Å². The minimum absolute atomic E-state index is 0.322. The summed E-state index contributed by atoms with van der Waals surface area (Å²) in [5, 5.41) is 3.19. The number of benzene rings is 1. The third-order valence-electron chi connectivity index (χ3n) is 3.00. The molecule has 0 atom stereocenters. The number of fused-ring (bicyclic) bond motifs is 1. The van der Waals surface area contributed by atoms with Crippen molar-refractivity contribution in [2.75, 3.05) is 52.0 Å². The van der Waals surface area contributed by atoms with Crippen LogP contribution in [0.2, 0.25) is 0 Å². The molecule has 0 aliphatic carbocycles. The Balaban J connectivity index is 1.76. The summed E-state index contributed by atoms with van der Waals surface area (Å²) in [5.41, 5.74) is 1.29. The van der Waals surface area contributed by atoms with Gasteiger partial charge in [0.1, 0.15) is 12.2 Å². The lowest BCUT2D eigenvalue weighted by molar-refractivity contribution is 0.0382. The average Bonchev–Trinajstić information content (AvgIpc) is 2.53. The summed E-state index contributed by atoms with van der Waals surface area (Å²) in [7, 11) is 1.63. The van der Waals surface area contributed by atoms with Crippen LogP contribution in [0.4, 0.5) is 5.69 Å². The monoisotopic (exact) mass is 295 g/mol. The summed E-state index contributed by atoms with van der Waals surface area (Å²) in [6.45, 7) is 3.27. The molecule has 116 valence electrons. The van der Waals surface area contributed by atoms with E-state index in [-0.39, 0.29) is 5.97 Å². The number of esters is 1. The van der Waals surface area contributed by atoms with Gasteiger partial charge in [-0.3, -0.25) is 0 Å². The first-order valence-electron chi connectivity index (χ1n) is 7.06. The highest BCUT2D eigenvalue weighted by Crippen LogP contribution is 2.31. The average molecular weight is 295 g/mol. The van der Waals surface area contributed by atoms with Crippen molar-refractivity contribution in [2.45, 2.75) is 6.42 Å². The molecule has 2 rings (SSSR count). The highest BCUT2D eigenvalue weighted by Gasteiger charge is 2.19. The van der Waals surface area contributed by atoms with Crippen LogP contribution < -0.4 is 10.1 Å². The molecule has 0 saturated heterocycles. The van der Waals surface area contributed by atoms with Crippen LogP contribution in [0.25, 0.3) is 0 Å². The van der Waals surface area contributed by atoms with E-state index >= 15 is 0 Å². The number of hydrogen-bond donors (Lipinski definition) is 1. The number of methoxy groups -OCH3 is 1. The summed E-state index contributed by atoms with van der Waals surface area (Å²) in [6.07, 6.45) is 0.656. The maximum absolute atomic E-state index is 12.1. The molecule has 0 aromatic heterocycles. The largest absolute Gasteiger partial charge is 0.489 e. The van der Waals surface area contributed by atoms with Crippen LogP contribution in [0.5, 0.6) is 5.75 Å². The van der Waals surface area contributed by atoms with Gasteiger partial charge in [0, 0.05) is 26.7 Å². The van der Waals surface area contributed by atoms with E-state index in [2.05, 4.69) is 5.32 Å². The van der Waals surface area contributed by atoms with Crippen molar-refractivity contribution in [1.82, 2.24) is 0 Å². The standard InChI is InChI=1S/C15H21NO5/c1-18-10-11-19-7-3-8-21-15(17)12-4-2-5-13-14(12)20-9-6-16-13/h2,4-5,16H,3,6-11H2,1H3. The molecule has 0 fully saturated rings. The molecule has 6 heteroatoms. The van der Waals surface area contributed by atoms with Gasteiger partial charge in [0.25, 0.3) is 0 Å². The van der Waals surface area contributed by atoms with Crippen LogP contribution in [-0.2, 0) is 14.2 Å². The second-order valence-corrected chi connectivity index (χ2v) is 4.55. The van der Waals surface area contributed by atoms with Crippen LogP contribution in [-0.4, -0.2) is 52.7 Å². The highest BCUT2D eigenvalue weighted by molar-refractivity contribution is 5.95. The number of ether oxygens (including phenoxy) is 4. The van der Waals surface area contributed by atoms with Gasteiger partial charge in [-0.2, -0.15) is 0 Å². The van der Waals surface area contributed by atoms with Gasteiger partial charge in [0.2, 0.25) is 0 Å². The van der Waals surface area contributed by atoms with Crippen molar-refractivity contribution in [3.8, 4) is 5.75 Å². The summed E-state index contributed by atoms with van der Waals surface area (Å²) in [4.78, 5) is 12.1. The van der Waals surface area contributed by atoms with E-state index in [0.717, 1.165) is 12.2 Å². The molecular weight excluding hydrogens is 274 g/mol. The highest BCUT2D eigenvalue weighted by atomic mass is 16.5. The van der Waals surface area contributed by atoms with Crippen molar-refractivity contribution < 1.29 is 23.7 Å². The van der Waals surface area contributed by atoms with Gasteiger partial charge in [-0.15, -0.1) is 0 Å². The molecule has 1 heterocycles. The van der Waals surface area contributed by atoms with Gasteiger partial charge in [-0.1, -0.05) is 6.07 Å². The van der Waals surface area contributed by atoms with Crippen LogP contribution in [0.3, 0.4) is 0 Å². The molecule has 0 saturated carbocycles. The zero-order valence-electron chi connectivity index (χ0n) is 12.2. The molecule has 1 aromatic rings. The molecule has 0 amide bonds. The Morgan fingerprint density at radius 1 is 1.29 bits per heavy atom. The molecule has 1 aliphatic rings. The topological polar surface area (TPSA) is 66.0 Å². The molecule has 0 radical (unpaired) electrons. The molecule has 1 aliphatic heterocycles. The normalized spacial score (nSPS) is 13.0. The first kappa shape index (κ1) is 15.6. The van der Waals surface area contributed by atoms with E-state index in [4.69, 9.17) is 18.9 Å². The molecular formula is C15H21NO5. The number of carbonyl (C=O) groups excluding carboxylic acids is 1. The fraction of sp³-hybridized carbons (Fsp3) is 0.533. The van der Waals surface area contributed by atoms with E-state index < -0.39 is 0 Å². The Morgan fingerprint density at radius 3 is 3.05 bits per heavy atom. The maximum Gasteiger partial charge on any atom is 0.342 e. The fourth-order valence-electron chi connectivity index (χ4n) is 1.98. The summed E-state index contributed by atoms with van der Waals surface area (Å²) < 4.78 is 21.0. The lowest BCUT2D eigenvalue weighted by Gasteiger charge is -2.21. The van der Waals surface area contributed by atoms with Gasteiger partial charge in [0.05, 0.1) is 25.5 Å². The SMILES string of the molecule is COCCOCCCOC(=O)c1cccc2c1OCCN2. The van der Waals surface area contributed by atoms with Gasteiger partial charge in [-0.25, -0.2) is 4.79 Å². The minimum atomic E-state index is -0.368. The van der Waals surface area contributed by atoms with Crippen LogP contribution in [0.1, 0.15) is 16.8 Å². The number of carbonyl (C=O) groups is 1. The van der Waals surface area contributed by atoms with Crippen molar-refractivity contribution in [2.24, 2.45) is 0 Å². The maximum atomic E-state index is 12.1. The predicted molar refractivity (Wildman–Crippen MR) is 78.0 cm³/mol. The van der Waals surface area contributed by atoms with Gasteiger partial charge >= 0.3 is 5.97 Å². The Bertz CT molecular complexity index is 463. The van der Waals surface area contributed by atoms with Crippen molar-refractivity contribution >= 4 is 11.7 Å². The summed E-state index contributed by atoms with van der Waals surface area (Å²) >= 11 is 0. The number of hydrogen-bond acceptors (Lipinski definition) is 6. The van der Waals surface area contributed by atoms with Crippen molar-refractivity contribution in [3.63, 3.8) is 0 Å². The Labute approximate surface area is 124 Å². The van der Waals surface area contributed by atoms with Crippen LogP contribution in [0.15, 0.2) is 18.2 Å². The number of anilines is 1. The molecule has 1 N–H and O–H groups in total. The molecule has 0 unspecified atom stereocenters. The third kappa shape index (κ3) is 4.61. The molecule has 0 bridgehead atoms. The smallest absolute Gasteiger partial charge is 0.342 e. The fourth-order valence-corrected chi connectivity index (χ4v) is 1.98. The Hall–Kier alpha value is -1.79. The molecule has 21 heavy (non-hydrogen) atoms. The van der Waals surface area contributed by atoms with Crippen molar-refractivity contribution in [1.29, 1.82) is 0 Å². The molecule has 1 aromatic carbocycles. The Kier molecular flexibility index (Phi) is 6.30. The number of rotatable bonds is 8. The van der Waals surface area contributed by atoms with E-state index in [1.807, 2.05) is 12.1 Å². The zero-order chi connectivity index (χ0) is 14.9. The quantitative estimate of drug-likeness (QED) is 0.581. The van der Waals surface area contributed by atoms with E-state index in [1.54, 1.807) is 13.2 Å². The predicted octanol–water partition coefficient (Wildman–Crippen LogP) is 1.70. The third-order valence-corrected chi connectivity index (χ3v) is 3.00. The number of nitrogens with one attached hydrogen (secondary N) is 1. The summed E-state index contributed by atoms with van der Waals surface area (Å²) in [6, 6.07) is 5.41. The Morgan fingerprint density at radius 2 is 2.19 bits per heavy atom. The molecule has 6 nitrogen and oxygen atoms in total. The summed E-state index contributed by atoms with van der Waals surface area (Å²) in [5.74, 6) is 0.206. The van der Waals surface area contributed by atoms with Gasteiger partial charge < -0.3 is 24.3 Å². The molecule has 0 spiro atoms. The first-order chi connectivity index (χ1) is 10.3. The second-order valence-electron chi connectivity index (χ2n) is 4.55. The van der Waals surface area contributed by atoms with Gasteiger partial charge in [-0.05, 0) is 12.1 Å². The van der Waals surface area contributed by atoms with Gasteiger partial charge in [0.15, 0.2) is 5.75 Å². The minimum Gasteiger partial charge on any atom is -0.489 e. The van der Waals surface area contributed by atoms with E-state index in [1.165, 1.54) is 0 Å². The van der Waals surface area contributed by atoms with Crippen LogP contribution >= 0.6 is 0 Å². The van der Waals surface area contributed by atoms with Crippen LogP contribution in [0, 0.1) is 0 Å². The lowest BCUT2D eigenvalue weighted by atomic mass is 10.1. The van der Waals surface area contributed by atoms with E-state index in [9.17, 15) is 4.79 Å². The second kappa shape index (κ2) is 8.49. The first-order valence-corrected chi connectivity index (χ1v) is 7.06. The van der Waals surface area contributed by atoms with E-state index in [0.29, 0.717) is 50.8 Å².